The molecule has 1 aliphatic rings. The zero-order valence-corrected chi connectivity index (χ0v) is 18.8. The van der Waals surface area contributed by atoms with Gasteiger partial charge < -0.3 is 15.2 Å². The molecule has 7 nitrogen and oxygen atoms in total. The SMILES string of the molecule is O=C(Cc1cc(F)cc(F)c1)NCC1OCCc2cn(Cc3ccccc3)nc21.O=C(O)C(F)(F)F. The molecule has 0 saturated heterocycles. The van der Waals surface area contributed by atoms with E-state index in [9.17, 15) is 26.7 Å². The number of fused-ring (bicyclic) bond motifs is 1. The Labute approximate surface area is 202 Å². The molecule has 0 aliphatic carbocycles. The van der Waals surface area contributed by atoms with Crippen LogP contribution in [0.5, 0.6) is 0 Å². The fraction of sp³-hybridized carbons (Fsp3) is 0.292. The number of amides is 1. The largest absolute Gasteiger partial charge is 0.490 e. The lowest BCUT2D eigenvalue weighted by atomic mass is 10.1. The molecular formula is C24H22F5N3O4. The summed E-state index contributed by atoms with van der Waals surface area (Å²) in [6.07, 6.45) is -2.73. The number of aliphatic carboxylic acids is 1. The summed E-state index contributed by atoms with van der Waals surface area (Å²) >= 11 is 0. The van der Waals surface area contributed by atoms with Crippen molar-refractivity contribution in [3.8, 4) is 0 Å². The number of ether oxygens (including phenoxy) is 1. The molecule has 2 N–H and O–H groups in total. The van der Waals surface area contributed by atoms with Crippen molar-refractivity contribution < 1.29 is 41.4 Å². The van der Waals surface area contributed by atoms with Crippen molar-refractivity contribution in [1.29, 1.82) is 0 Å². The number of carbonyl (C=O) groups excluding carboxylic acids is 1. The van der Waals surface area contributed by atoms with E-state index in [4.69, 9.17) is 14.6 Å². The van der Waals surface area contributed by atoms with Crippen LogP contribution >= 0.6 is 0 Å². The third-order valence-electron chi connectivity index (χ3n) is 5.07. The fourth-order valence-corrected chi connectivity index (χ4v) is 3.51. The van der Waals surface area contributed by atoms with Crippen LogP contribution < -0.4 is 5.32 Å². The highest BCUT2D eigenvalue weighted by Crippen LogP contribution is 2.25. The van der Waals surface area contributed by atoms with Gasteiger partial charge in [-0.2, -0.15) is 18.3 Å². The molecule has 3 aromatic rings. The summed E-state index contributed by atoms with van der Waals surface area (Å²) in [5.74, 6) is -4.48. The summed E-state index contributed by atoms with van der Waals surface area (Å²) < 4.78 is 66.0. The molecule has 12 heteroatoms. The van der Waals surface area contributed by atoms with Crippen LogP contribution in [-0.4, -0.2) is 46.1 Å². The highest BCUT2D eigenvalue weighted by molar-refractivity contribution is 5.78. The van der Waals surface area contributed by atoms with Crippen LogP contribution in [-0.2, 0) is 33.7 Å². The van der Waals surface area contributed by atoms with Crippen LogP contribution in [0.25, 0.3) is 0 Å². The first kappa shape index (κ1) is 26.8. The normalized spacial score (nSPS) is 14.9. The molecule has 1 aromatic heterocycles. The molecule has 1 atom stereocenters. The average Bonchev–Trinajstić information content (AvgIpc) is 3.20. The summed E-state index contributed by atoms with van der Waals surface area (Å²) in [6.45, 7) is 1.48. The predicted molar refractivity (Wildman–Crippen MR) is 117 cm³/mol. The van der Waals surface area contributed by atoms with Crippen molar-refractivity contribution in [1.82, 2.24) is 15.1 Å². The molecule has 1 unspecified atom stereocenters. The number of aromatic nitrogens is 2. The van der Waals surface area contributed by atoms with Gasteiger partial charge in [-0.25, -0.2) is 13.6 Å². The first-order chi connectivity index (χ1) is 17.0. The number of nitrogens with one attached hydrogen (secondary N) is 1. The summed E-state index contributed by atoms with van der Waals surface area (Å²) in [5.41, 5.74) is 3.38. The second-order valence-corrected chi connectivity index (χ2v) is 7.89. The molecule has 1 amide bonds. The summed E-state index contributed by atoms with van der Waals surface area (Å²) in [6, 6.07) is 13.1. The van der Waals surface area contributed by atoms with Crippen LogP contribution in [0, 0.1) is 11.6 Å². The number of hydrogen-bond acceptors (Lipinski definition) is 4. The van der Waals surface area contributed by atoms with Crippen LogP contribution in [0.3, 0.4) is 0 Å². The number of carbonyl (C=O) groups is 2. The zero-order chi connectivity index (χ0) is 26.3. The van der Waals surface area contributed by atoms with Crippen molar-refractivity contribution in [3.05, 3.63) is 88.7 Å². The van der Waals surface area contributed by atoms with E-state index in [0.717, 1.165) is 41.4 Å². The number of benzene rings is 2. The standard InChI is InChI=1S/C22H21F2N3O2.C2HF3O2/c23-18-8-16(9-19(24)11-18)10-21(28)25-12-20-22-17(6-7-29-20)14-27(26-22)13-15-4-2-1-3-5-15;3-2(4,5)1(6)7/h1-5,8-9,11,14,20H,6-7,10,12-13H2,(H,25,28);(H,6,7). The highest BCUT2D eigenvalue weighted by Gasteiger charge is 2.38. The van der Waals surface area contributed by atoms with Gasteiger partial charge in [0.05, 0.1) is 25.3 Å². The first-order valence-electron chi connectivity index (χ1n) is 10.7. The van der Waals surface area contributed by atoms with E-state index in [2.05, 4.69) is 10.4 Å². The number of carboxylic acids is 1. The van der Waals surface area contributed by atoms with E-state index in [1.165, 1.54) is 0 Å². The molecule has 2 aromatic carbocycles. The van der Waals surface area contributed by atoms with E-state index >= 15 is 0 Å². The third-order valence-corrected chi connectivity index (χ3v) is 5.07. The van der Waals surface area contributed by atoms with Gasteiger partial charge in [-0.15, -0.1) is 0 Å². The fourth-order valence-electron chi connectivity index (χ4n) is 3.51. The zero-order valence-electron chi connectivity index (χ0n) is 18.8. The Hall–Kier alpha value is -3.80. The molecule has 0 bridgehead atoms. The Balaban J connectivity index is 0.000000454. The lowest BCUT2D eigenvalue weighted by molar-refractivity contribution is -0.192. The quantitative estimate of drug-likeness (QED) is 0.491. The van der Waals surface area contributed by atoms with E-state index in [0.29, 0.717) is 13.2 Å². The molecule has 0 saturated carbocycles. The molecule has 4 rings (SSSR count). The van der Waals surface area contributed by atoms with Crippen molar-refractivity contribution in [2.75, 3.05) is 13.2 Å². The molecule has 2 heterocycles. The lowest BCUT2D eigenvalue weighted by Crippen LogP contribution is -2.32. The molecule has 0 radical (unpaired) electrons. The van der Waals surface area contributed by atoms with Crippen molar-refractivity contribution >= 4 is 11.9 Å². The Kier molecular flexibility index (Phi) is 8.75. The van der Waals surface area contributed by atoms with Crippen molar-refractivity contribution in [3.63, 3.8) is 0 Å². The minimum atomic E-state index is -5.08. The minimum absolute atomic E-state index is 0.100. The smallest absolute Gasteiger partial charge is 0.475 e. The van der Waals surface area contributed by atoms with Gasteiger partial charge in [0.2, 0.25) is 5.91 Å². The van der Waals surface area contributed by atoms with E-state index in [-0.39, 0.29) is 30.5 Å². The van der Waals surface area contributed by atoms with Gasteiger partial charge >= 0.3 is 12.1 Å². The lowest BCUT2D eigenvalue weighted by Gasteiger charge is -2.22. The number of hydrogen-bond donors (Lipinski definition) is 2. The number of rotatable bonds is 6. The monoisotopic (exact) mass is 511 g/mol. The summed E-state index contributed by atoms with van der Waals surface area (Å²) in [7, 11) is 0. The first-order valence-corrected chi connectivity index (χ1v) is 10.7. The molecular weight excluding hydrogens is 489 g/mol. The van der Waals surface area contributed by atoms with Crippen LogP contribution in [0.2, 0.25) is 0 Å². The average molecular weight is 511 g/mol. The van der Waals surface area contributed by atoms with E-state index in [1.807, 2.05) is 41.2 Å². The molecule has 1 aliphatic heterocycles. The van der Waals surface area contributed by atoms with Gasteiger partial charge in [0.25, 0.3) is 0 Å². The minimum Gasteiger partial charge on any atom is -0.475 e. The Morgan fingerprint density at radius 3 is 2.33 bits per heavy atom. The van der Waals surface area contributed by atoms with E-state index in [1.54, 1.807) is 0 Å². The maximum atomic E-state index is 13.3. The second kappa shape index (κ2) is 11.8. The number of nitrogens with zero attached hydrogens (tertiary/aromatic N) is 2. The van der Waals surface area contributed by atoms with Gasteiger partial charge in [-0.1, -0.05) is 30.3 Å². The van der Waals surface area contributed by atoms with Gasteiger partial charge in [0, 0.05) is 18.8 Å². The Morgan fingerprint density at radius 2 is 1.72 bits per heavy atom. The van der Waals surface area contributed by atoms with Crippen LogP contribution in [0.1, 0.15) is 28.5 Å². The Morgan fingerprint density at radius 1 is 1.08 bits per heavy atom. The third kappa shape index (κ3) is 7.87. The predicted octanol–water partition coefficient (Wildman–Crippen LogP) is 3.82. The van der Waals surface area contributed by atoms with Gasteiger partial charge in [-0.3, -0.25) is 9.48 Å². The highest BCUT2D eigenvalue weighted by atomic mass is 19.4. The second-order valence-electron chi connectivity index (χ2n) is 7.89. The van der Waals surface area contributed by atoms with Gasteiger partial charge in [0.1, 0.15) is 17.7 Å². The number of halogens is 5. The summed E-state index contributed by atoms with van der Waals surface area (Å²) in [5, 5.41) is 14.6. The number of carboxylic acid groups (broad SMARTS) is 1. The van der Waals surface area contributed by atoms with Gasteiger partial charge in [-0.05, 0) is 35.2 Å². The van der Waals surface area contributed by atoms with Gasteiger partial charge in [0.15, 0.2) is 0 Å². The summed E-state index contributed by atoms with van der Waals surface area (Å²) in [4.78, 5) is 21.1. The van der Waals surface area contributed by atoms with Crippen molar-refractivity contribution in [2.24, 2.45) is 0 Å². The molecule has 0 spiro atoms. The topological polar surface area (TPSA) is 93.5 Å². The maximum Gasteiger partial charge on any atom is 0.490 e. The van der Waals surface area contributed by atoms with Crippen molar-refractivity contribution in [2.45, 2.75) is 31.7 Å². The number of alkyl halides is 3. The van der Waals surface area contributed by atoms with Crippen LogP contribution in [0.15, 0.2) is 54.7 Å². The molecule has 0 fully saturated rings. The van der Waals surface area contributed by atoms with E-state index < -0.39 is 23.8 Å². The molecule has 192 valence electrons. The maximum absolute atomic E-state index is 13.3. The van der Waals surface area contributed by atoms with Crippen LogP contribution in [0.4, 0.5) is 22.0 Å². The molecule has 36 heavy (non-hydrogen) atoms. The Bertz CT molecular complexity index is 1180.